The van der Waals surface area contributed by atoms with Gasteiger partial charge in [-0.1, -0.05) is 11.6 Å². The summed E-state index contributed by atoms with van der Waals surface area (Å²) in [6.45, 7) is 4.69. The number of hydrogen-bond donors (Lipinski definition) is 1. The molecule has 2 N–H and O–H groups in total. The Labute approximate surface area is 94.0 Å². The predicted octanol–water partition coefficient (Wildman–Crippen LogP) is 2.70. The highest BCUT2D eigenvalue weighted by Crippen LogP contribution is 2.22. The van der Waals surface area contributed by atoms with E-state index in [1.54, 1.807) is 11.3 Å². The molecule has 0 saturated carbocycles. The highest BCUT2D eigenvalue weighted by molar-refractivity contribution is 7.16. The van der Waals surface area contributed by atoms with Crippen LogP contribution in [0.2, 0.25) is 4.34 Å². The second kappa shape index (κ2) is 5.71. The van der Waals surface area contributed by atoms with E-state index in [9.17, 15) is 0 Å². The van der Waals surface area contributed by atoms with Crippen LogP contribution in [0.3, 0.4) is 0 Å². The summed E-state index contributed by atoms with van der Waals surface area (Å²) < 4.78 is 6.25. The first-order chi connectivity index (χ1) is 6.63. The smallest absolute Gasteiger partial charge is 0.0931 e. The van der Waals surface area contributed by atoms with Gasteiger partial charge in [0.05, 0.1) is 10.4 Å². The Bertz CT molecular complexity index is 277. The van der Waals surface area contributed by atoms with Gasteiger partial charge in [-0.3, -0.25) is 0 Å². The Kier molecular flexibility index (Phi) is 4.89. The summed E-state index contributed by atoms with van der Waals surface area (Å²) in [5, 5.41) is 0. The molecular formula is C10H16ClNOS. The number of rotatable bonds is 5. The molecule has 2 nitrogen and oxygen atoms in total. The first-order valence-electron chi connectivity index (χ1n) is 4.75. The van der Waals surface area contributed by atoms with Gasteiger partial charge in [0.2, 0.25) is 0 Å². The zero-order chi connectivity index (χ0) is 10.6. The van der Waals surface area contributed by atoms with Gasteiger partial charge in [0.1, 0.15) is 0 Å². The zero-order valence-electron chi connectivity index (χ0n) is 8.50. The summed E-state index contributed by atoms with van der Waals surface area (Å²) in [5.74, 6) is 0. The van der Waals surface area contributed by atoms with Crippen molar-refractivity contribution in [2.75, 3.05) is 6.61 Å². The lowest BCUT2D eigenvalue weighted by atomic mass is 10.1. The van der Waals surface area contributed by atoms with Crippen LogP contribution in [0.5, 0.6) is 0 Å². The lowest BCUT2D eigenvalue weighted by Gasteiger charge is -2.18. The molecule has 2 unspecified atom stereocenters. The van der Waals surface area contributed by atoms with E-state index in [4.69, 9.17) is 22.1 Å². The molecule has 0 bridgehead atoms. The van der Waals surface area contributed by atoms with Crippen molar-refractivity contribution in [3.05, 3.63) is 21.3 Å². The quantitative estimate of drug-likeness (QED) is 0.849. The molecular weight excluding hydrogens is 218 g/mol. The van der Waals surface area contributed by atoms with E-state index >= 15 is 0 Å². The summed E-state index contributed by atoms with van der Waals surface area (Å²) in [7, 11) is 0. The molecule has 0 spiro atoms. The van der Waals surface area contributed by atoms with Crippen LogP contribution in [0.25, 0.3) is 0 Å². The van der Waals surface area contributed by atoms with Gasteiger partial charge >= 0.3 is 0 Å². The third kappa shape index (κ3) is 3.58. The fraction of sp³-hybridized carbons (Fsp3) is 0.600. The monoisotopic (exact) mass is 233 g/mol. The minimum absolute atomic E-state index is 0.0460. The topological polar surface area (TPSA) is 35.2 Å². The minimum atomic E-state index is 0.0460. The van der Waals surface area contributed by atoms with Crippen molar-refractivity contribution < 1.29 is 4.74 Å². The van der Waals surface area contributed by atoms with Crippen LogP contribution < -0.4 is 5.73 Å². The fourth-order valence-corrected chi connectivity index (χ4v) is 2.40. The minimum Gasteiger partial charge on any atom is -0.377 e. The Morgan fingerprint density at radius 2 is 2.29 bits per heavy atom. The van der Waals surface area contributed by atoms with Crippen LogP contribution in [0.4, 0.5) is 0 Å². The number of thiophene rings is 1. The summed E-state index contributed by atoms with van der Waals surface area (Å²) in [4.78, 5) is 1.22. The Morgan fingerprint density at radius 1 is 1.57 bits per heavy atom. The van der Waals surface area contributed by atoms with E-state index in [0.29, 0.717) is 6.61 Å². The van der Waals surface area contributed by atoms with Crippen LogP contribution in [0.15, 0.2) is 12.1 Å². The first-order valence-corrected chi connectivity index (χ1v) is 5.94. The normalized spacial score (nSPS) is 15.4. The van der Waals surface area contributed by atoms with Crippen molar-refractivity contribution in [2.24, 2.45) is 5.73 Å². The van der Waals surface area contributed by atoms with E-state index in [2.05, 4.69) is 0 Å². The van der Waals surface area contributed by atoms with Gasteiger partial charge in [-0.15, -0.1) is 11.3 Å². The van der Waals surface area contributed by atoms with Crippen LogP contribution in [0.1, 0.15) is 18.7 Å². The maximum Gasteiger partial charge on any atom is 0.0931 e. The number of ether oxygens (including phenoxy) is 1. The highest BCUT2D eigenvalue weighted by atomic mass is 35.5. The number of hydrogen-bond acceptors (Lipinski definition) is 3. The Hall–Kier alpha value is -0.0900. The molecule has 0 fully saturated rings. The zero-order valence-corrected chi connectivity index (χ0v) is 10.1. The fourth-order valence-electron chi connectivity index (χ4n) is 1.25. The van der Waals surface area contributed by atoms with Crippen LogP contribution in [-0.4, -0.2) is 18.8 Å². The van der Waals surface area contributed by atoms with Gasteiger partial charge in [-0.05, 0) is 32.4 Å². The van der Waals surface area contributed by atoms with Crippen molar-refractivity contribution in [1.82, 2.24) is 0 Å². The summed E-state index contributed by atoms with van der Waals surface area (Å²) >= 11 is 7.41. The largest absolute Gasteiger partial charge is 0.377 e. The van der Waals surface area contributed by atoms with Gasteiger partial charge in [0, 0.05) is 17.5 Å². The lowest BCUT2D eigenvalue weighted by molar-refractivity contribution is 0.0579. The van der Waals surface area contributed by atoms with E-state index in [0.717, 1.165) is 10.8 Å². The predicted molar refractivity (Wildman–Crippen MR) is 62.1 cm³/mol. The number of nitrogens with two attached hydrogens (primary N) is 1. The summed E-state index contributed by atoms with van der Waals surface area (Å²) in [6, 6.07) is 3.97. The third-order valence-corrected chi connectivity index (χ3v) is 3.35. The molecule has 0 radical (unpaired) electrons. The molecule has 2 atom stereocenters. The van der Waals surface area contributed by atoms with Gasteiger partial charge in [0.15, 0.2) is 0 Å². The van der Waals surface area contributed by atoms with E-state index in [1.165, 1.54) is 4.88 Å². The molecule has 0 aliphatic carbocycles. The summed E-state index contributed by atoms with van der Waals surface area (Å²) in [5.41, 5.74) is 5.98. The standard InChI is InChI=1S/C10H16ClNOS/c1-3-13-7(2)9(12)6-8-4-5-10(11)14-8/h4-5,7,9H,3,6,12H2,1-2H3. The van der Waals surface area contributed by atoms with Crippen LogP contribution in [0, 0.1) is 0 Å². The highest BCUT2D eigenvalue weighted by Gasteiger charge is 2.13. The maximum absolute atomic E-state index is 5.98. The molecule has 1 rings (SSSR count). The Balaban J connectivity index is 2.43. The van der Waals surface area contributed by atoms with Crippen molar-refractivity contribution in [3.63, 3.8) is 0 Å². The van der Waals surface area contributed by atoms with Crippen molar-refractivity contribution >= 4 is 22.9 Å². The molecule has 14 heavy (non-hydrogen) atoms. The van der Waals surface area contributed by atoms with E-state index < -0.39 is 0 Å². The lowest BCUT2D eigenvalue weighted by Crippen LogP contribution is -2.36. The van der Waals surface area contributed by atoms with Gasteiger partial charge in [-0.25, -0.2) is 0 Å². The van der Waals surface area contributed by atoms with Crippen LogP contribution in [-0.2, 0) is 11.2 Å². The molecule has 4 heteroatoms. The van der Waals surface area contributed by atoms with Gasteiger partial charge in [-0.2, -0.15) is 0 Å². The molecule has 0 saturated heterocycles. The average Bonchev–Trinajstić information content (AvgIpc) is 2.51. The number of halogens is 1. The second-order valence-electron chi connectivity index (χ2n) is 3.23. The molecule has 0 aliphatic heterocycles. The summed E-state index contributed by atoms with van der Waals surface area (Å²) in [6.07, 6.45) is 0.930. The maximum atomic E-state index is 5.98. The molecule has 1 aromatic heterocycles. The Morgan fingerprint density at radius 3 is 2.79 bits per heavy atom. The molecule has 0 aromatic carbocycles. The third-order valence-electron chi connectivity index (χ3n) is 2.10. The van der Waals surface area contributed by atoms with Gasteiger partial charge in [0.25, 0.3) is 0 Å². The first kappa shape index (κ1) is 12.0. The second-order valence-corrected chi connectivity index (χ2v) is 5.03. The SMILES string of the molecule is CCOC(C)C(N)Cc1ccc(Cl)s1. The molecule has 1 aromatic rings. The van der Waals surface area contributed by atoms with Crippen molar-refractivity contribution in [3.8, 4) is 0 Å². The van der Waals surface area contributed by atoms with Crippen molar-refractivity contribution in [1.29, 1.82) is 0 Å². The van der Waals surface area contributed by atoms with Gasteiger partial charge < -0.3 is 10.5 Å². The molecule has 0 amide bonds. The average molecular weight is 234 g/mol. The molecule has 1 heterocycles. The molecule has 80 valence electrons. The van der Waals surface area contributed by atoms with E-state index in [1.807, 2.05) is 26.0 Å². The van der Waals surface area contributed by atoms with Crippen LogP contribution >= 0.6 is 22.9 Å². The van der Waals surface area contributed by atoms with Crippen molar-refractivity contribution in [2.45, 2.75) is 32.4 Å². The van der Waals surface area contributed by atoms with E-state index in [-0.39, 0.29) is 12.1 Å². The molecule has 0 aliphatic rings.